The molecule has 1 aliphatic heterocycles. The van der Waals surface area contributed by atoms with E-state index in [1.54, 1.807) is 0 Å². The van der Waals surface area contributed by atoms with Gasteiger partial charge in [0.15, 0.2) is 0 Å². The fraction of sp³-hybridized carbons (Fsp3) is 0.533. The molecule has 0 saturated carbocycles. The third-order valence-electron chi connectivity index (χ3n) is 4.15. The summed E-state index contributed by atoms with van der Waals surface area (Å²) >= 11 is 0. The Kier molecular flexibility index (Phi) is 5.28. The van der Waals surface area contributed by atoms with E-state index in [1.807, 2.05) is 13.8 Å². The lowest BCUT2D eigenvalue weighted by atomic mass is 10.1. The molecule has 7 nitrogen and oxygen atoms in total. The molecule has 1 saturated heterocycles. The van der Waals surface area contributed by atoms with Crippen LogP contribution in [0.3, 0.4) is 0 Å². The van der Waals surface area contributed by atoms with Gasteiger partial charge in [0.1, 0.15) is 10.6 Å². The molecular formula is C15H22N2O5S. The minimum atomic E-state index is -3.72. The first kappa shape index (κ1) is 17.7. The molecule has 1 aromatic carbocycles. The van der Waals surface area contributed by atoms with Crippen LogP contribution >= 0.6 is 0 Å². The Morgan fingerprint density at radius 1 is 1.30 bits per heavy atom. The number of benzene rings is 1. The number of carbonyl (C=O) groups is 1. The maximum absolute atomic E-state index is 13.0. The van der Waals surface area contributed by atoms with Crippen molar-refractivity contribution in [1.29, 1.82) is 0 Å². The van der Waals surface area contributed by atoms with E-state index in [0.29, 0.717) is 13.1 Å². The first-order chi connectivity index (χ1) is 10.8. The van der Waals surface area contributed by atoms with Gasteiger partial charge >= 0.3 is 5.97 Å². The molecule has 1 aromatic rings. The molecule has 1 aliphatic rings. The van der Waals surface area contributed by atoms with Crippen LogP contribution in [0.25, 0.3) is 0 Å². The van der Waals surface area contributed by atoms with E-state index in [2.05, 4.69) is 10.1 Å². The van der Waals surface area contributed by atoms with E-state index < -0.39 is 16.0 Å². The van der Waals surface area contributed by atoms with Crippen molar-refractivity contribution in [2.75, 3.05) is 27.3 Å². The molecule has 1 heterocycles. The zero-order valence-electron chi connectivity index (χ0n) is 13.7. The van der Waals surface area contributed by atoms with Gasteiger partial charge in [-0.2, -0.15) is 4.31 Å². The number of nitrogens with one attached hydrogen (secondary N) is 1. The van der Waals surface area contributed by atoms with Gasteiger partial charge in [0.25, 0.3) is 0 Å². The quantitative estimate of drug-likeness (QED) is 0.817. The summed E-state index contributed by atoms with van der Waals surface area (Å²) in [5, 5.41) is 3.25. The number of hydrogen-bond acceptors (Lipinski definition) is 6. The molecule has 2 rings (SSSR count). The average Bonchev–Trinajstić information content (AvgIpc) is 2.55. The van der Waals surface area contributed by atoms with E-state index in [1.165, 1.54) is 36.7 Å². The van der Waals surface area contributed by atoms with Crippen LogP contribution in [-0.4, -0.2) is 58.1 Å². The largest absolute Gasteiger partial charge is 0.495 e. The van der Waals surface area contributed by atoms with Gasteiger partial charge in [-0.3, -0.25) is 0 Å². The summed E-state index contributed by atoms with van der Waals surface area (Å²) in [5.41, 5.74) is 0.241. The van der Waals surface area contributed by atoms with Crippen molar-refractivity contribution in [3.8, 4) is 5.75 Å². The molecule has 2 unspecified atom stereocenters. The Labute approximate surface area is 136 Å². The molecule has 0 radical (unpaired) electrons. The standard InChI is InChI=1S/C15H22N2O5S/c1-10-11(2)17(8-7-16-10)23(19,20)14-6-5-12(15(18)22-4)9-13(14)21-3/h5-6,9-11,16H,7-8H2,1-4H3. The normalized spacial score (nSPS) is 22.6. The molecule has 0 aromatic heterocycles. The molecule has 23 heavy (non-hydrogen) atoms. The number of rotatable bonds is 4. The van der Waals surface area contributed by atoms with Gasteiger partial charge in [0, 0.05) is 25.2 Å². The second-order valence-electron chi connectivity index (χ2n) is 5.46. The number of nitrogens with zero attached hydrogens (tertiary/aromatic N) is 1. The van der Waals surface area contributed by atoms with Crippen molar-refractivity contribution in [3.05, 3.63) is 23.8 Å². The number of hydrogen-bond donors (Lipinski definition) is 1. The predicted molar refractivity (Wildman–Crippen MR) is 85.2 cm³/mol. The highest BCUT2D eigenvalue weighted by Gasteiger charge is 2.36. The summed E-state index contributed by atoms with van der Waals surface area (Å²) in [4.78, 5) is 11.6. The number of carbonyl (C=O) groups excluding carboxylic acids is 1. The van der Waals surface area contributed by atoms with Gasteiger partial charge in [0.05, 0.1) is 19.8 Å². The van der Waals surface area contributed by atoms with Crippen LogP contribution < -0.4 is 10.1 Å². The number of piperazine rings is 1. The van der Waals surface area contributed by atoms with Crippen molar-refractivity contribution >= 4 is 16.0 Å². The van der Waals surface area contributed by atoms with Crippen LogP contribution in [0.1, 0.15) is 24.2 Å². The van der Waals surface area contributed by atoms with Gasteiger partial charge in [0.2, 0.25) is 10.0 Å². The molecule has 1 fully saturated rings. The summed E-state index contributed by atoms with van der Waals surface area (Å²) < 4.78 is 37.3. The molecule has 0 spiro atoms. The first-order valence-corrected chi connectivity index (χ1v) is 8.78. The maximum atomic E-state index is 13.0. The van der Waals surface area contributed by atoms with Crippen LogP contribution in [-0.2, 0) is 14.8 Å². The van der Waals surface area contributed by atoms with Crippen LogP contribution in [0.4, 0.5) is 0 Å². The Morgan fingerprint density at radius 3 is 2.61 bits per heavy atom. The zero-order chi connectivity index (χ0) is 17.2. The highest BCUT2D eigenvalue weighted by Crippen LogP contribution is 2.30. The monoisotopic (exact) mass is 342 g/mol. The summed E-state index contributed by atoms with van der Waals surface area (Å²) in [5.74, 6) is -0.414. The summed E-state index contributed by atoms with van der Waals surface area (Å²) in [6.45, 7) is 4.79. The molecule has 0 bridgehead atoms. The molecule has 0 aliphatic carbocycles. The second kappa shape index (κ2) is 6.86. The Balaban J connectivity index is 2.45. The van der Waals surface area contributed by atoms with Crippen LogP contribution in [0, 0.1) is 0 Å². The van der Waals surface area contributed by atoms with Crippen LogP contribution in [0.15, 0.2) is 23.1 Å². The summed E-state index contributed by atoms with van der Waals surface area (Å²) in [6.07, 6.45) is 0. The number of esters is 1. The molecule has 8 heteroatoms. The fourth-order valence-electron chi connectivity index (χ4n) is 2.62. The molecule has 1 N–H and O–H groups in total. The fourth-order valence-corrected chi connectivity index (χ4v) is 4.46. The van der Waals surface area contributed by atoms with E-state index in [-0.39, 0.29) is 28.3 Å². The lowest BCUT2D eigenvalue weighted by molar-refractivity contribution is 0.0600. The number of ether oxygens (including phenoxy) is 2. The Hall–Kier alpha value is -1.64. The summed E-state index contributed by atoms with van der Waals surface area (Å²) in [7, 11) is -1.08. The van der Waals surface area contributed by atoms with Crippen molar-refractivity contribution < 1.29 is 22.7 Å². The highest BCUT2D eigenvalue weighted by atomic mass is 32.2. The lowest BCUT2D eigenvalue weighted by Gasteiger charge is -2.37. The SMILES string of the molecule is COC(=O)c1ccc(S(=O)(=O)N2CCNC(C)C2C)c(OC)c1. The highest BCUT2D eigenvalue weighted by molar-refractivity contribution is 7.89. The van der Waals surface area contributed by atoms with Gasteiger partial charge in [-0.1, -0.05) is 0 Å². The minimum Gasteiger partial charge on any atom is -0.495 e. The molecule has 128 valence electrons. The van der Waals surface area contributed by atoms with E-state index in [0.717, 1.165) is 0 Å². The lowest BCUT2D eigenvalue weighted by Crippen LogP contribution is -2.57. The Morgan fingerprint density at radius 2 is 2.00 bits per heavy atom. The number of sulfonamides is 1. The van der Waals surface area contributed by atoms with Crippen LogP contribution in [0.2, 0.25) is 0 Å². The van der Waals surface area contributed by atoms with Gasteiger partial charge in [-0.15, -0.1) is 0 Å². The predicted octanol–water partition coefficient (Wildman–Crippen LogP) is 0.853. The van der Waals surface area contributed by atoms with Gasteiger partial charge < -0.3 is 14.8 Å². The first-order valence-electron chi connectivity index (χ1n) is 7.34. The smallest absolute Gasteiger partial charge is 0.337 e. The second-order valence-corrected chi connectivity index (χ2v) is 7.32. The third kappa shape index (κ3) is 3.34. The van der Waals surface area contributed by atoms with Crippen molar-refractivity contribution in [2.24, 2.45) is 0 Å². The van der Waals surface area contributed by atoms with Crippen molar-refractivity contribution in [2.45, 2.75) is 30.8 Å². The topological polar surface area (TPSA) is 84.9 Å². The van der Waals surface area contributed by atoms with Gasteiger partial charge in [-0.05, 0) is 32.0 Å². The van der Waals surface area contributed by atoms with E-state index in [9.17, 15) is 13.2 Å². The molecule has 0 amide bonds. The minimum absolute atomic E-state index is 0.0496. The third-order valence-corrected chi connectivity index (χ3v) is 6.17. The Bertz CT molecular complexity index is 689. The number of methoxy groups -OCH3 is 2. The van der Waals surface area contributed by atoms with Crippen LogP contribution in [0.5, 0.6) is 5.75 Å². The molecular weight excluding hydrogens is 320 g/mol. The zero-order valence-corrected chi connectivity index (χ0v) is 14.5. The maximum Gasteiger partial charge on any atom is 0.337 e. The molecule has 2 atom stereocenters. The van der Waals surface area contributed by atoms with E-state index >= 15 is 0 Å². The van der Waals surface area contributed by atoms with Gasteiger partial charge in [-0.25, -0.2) is 13.2 Å². The summed E-state index contributed by atoms with van der Waals surface area (Å²) in [6, 6.07) is 4.07. The van der Waals surface area contributed by atoms with Crippen molar-refractivity contribution in [1.82, 2.24) is 9.62 Å². The van der Waals surface area contributed by atoms with E-state index in [4.69, 9.17) is 4.74 Å². The van der Waals surface area contributed by atoms with Crippen molar-refractivity contribution in [3.63, 3.8) is 0 Å². The average molecular weight is 342 g/mol.